The molecule has 3 aromatic heterocycles. The molecule has 182 valence electrons. The van der Waals surface area contributed by atoms with Gasteiger partial charge in [-0.3, -0.25) is 9.89 Å². The minimum absolute atomic E-state index is 0.00345. The molecule has 0 spiro atoms. The smallest absolute Gasteiger partial charge is 0.268 e. The number of benzene rings is 1. The standard InChI is InChI=1S/C24H27N7O3S/c1-14-12-31(13-18-10-27-29-23(14)18)35(33,34)22-8-21(30(4)15(22)2)24(32)26-9-17-6-5-7-20-19(17)11-25-16(3)28-20/h5-8,10-11,14H,9,12-13H2,1-4H3,(H,26,32)(H,27,29)/t14-/m0/s1. The molecule has 1 aromatic carbocycles. The number of amides is 1. The van der Waals surface area contributed by atoms with Crippen molar-refractivity contribution in [2.24, 2.45) is 7.05 Å². The molecule has 0 radical (unpaired) electrons. The molecule has 1 aliphatic rings. The van der Waals surface area contributed by atoms with E-state index in [-0.39, 0.29) is 35.5 Å². The van der Waals surface area contributed by atoms with E-state index >= 15 is 0 Å². The predicted octanol–water partition coefficient (Wildman–Crippen LogP) is 2.55. The van der Waals surface area contributed by atoms with Gasteiger partial charge in [0.15, 0.2) is 0 Å². The fourth-order valence-corrected chi connectivity index (χ4v) is 6.40. The molecule has 0 bridgehead atoms. The average molecular weight is 494 g/mol. The van der Waals surface area contributed by atoms with Crippen LogP contribution >= 0.6 is 0 Å². The van der Waals surface area contributed by atoms with Crippen LogP contribution in [0.25, 0.3) is 10.9 Å². The molecular weight excluding hydrogens is 466 g/mol. The Morgan fingerprint density at radius 3 is 2.86 bits per heavy atom. The number of fused-ring (bicyclic) bond motifs is 2. The molecule has 35 heavy (non-hydrogen) atoms. The number of H-pyrrole nitrogens is 1. The van der Waals surface area contributed by atoms with E-state index in [0.717, 1.165) is 27.7 Å². The SMILES string of the molecule is Cc1ncc2c(CNC(=O)c3cc(S(=O)(=O)N4Cc5cn[nH]c5[C@@H](C)C4)c(C)n3C)cccc2n1. The van der Waals surface area contributed by atoms with Crippen LogP contribution in [-0.2, 0) is 30.2 Å². The van der Waals surface area contributed by atoms with Crippen molar-refractivity contribution in [2.45, 2.75) is 44.7 Å². The van der Waals surface area contributed by atoms with Crippen LogP contribution in [0.15, 0.2) is 41.6 Å². The van der Waals surface area contributed by atoms with Gasteiger partial charge in [0.05, 0.1) is 11.7 Å². The molecule has 2 N–H and O–H groups in total. The number of aryl methyl sites for hydroxylation is 1. The van der Waals surface area contributed by atoms with Crippen molar-refractivity contribution < 1.29 is 13.2 Å². The van der Waals surface area contributed by atoms with Gasteiger partial charge in [0.2, 0.25) is 10.0 Å². The molecule has 0 aliphatic carbocycles. The van der Waals surface area contributed by atoms with Crippen molar-refractivity contribution in [1.82, 2.24) is 34.4 Å². The van der Waals surface area contributed by atoms with E-state index in [1.165, 1.54) is 10.4 Å². The van der Waals surface area contributed by atoms with Gasteiger partial charge in [0.25, 0.3) is 5.91 Å². The van der Waals surface area contributed by atoms with Crippen LogP contribution in [0.5, 0.6) is 0 Å². The summed E-state index contributed by atoms with van der Waals surface area (Å²) in [6.45, 7) is 6.37. The van der Waals surface area contributed by atoms with Crippen LogP contribution < -0.4 is 5.32 Å². The lowest BCUT2D eigenvalue weighted by Crippen LogP contribution is -2.37. The van der Waals surface area contributed by atoms with E-state index in [1.807, 2.05) is 32.0 Å². The Bertz CT molecular complexity index is 1550. The van der Waals surface area contributed by atoms with Crippen LogP contribution in [0, 0.1) is 13.8 Å². The lowest BCUT2D eigenvalue weighted by atomic mass is 10.0. The molecule has 0 fully saturated rings. The fourth-order valence-electron chi connectivity index (χ4n) is 4.63. The second kappa shape index (κ2) is 8.58. The van der Waals surface area contributed by atoms with Gasteiger partial charge in [0.1, 0.15) is 16.4 Å². The van der Waals surface area contributed by atoms with E-state index in [1.54, 1.807) is 30.9 Å². The highest BCUT2D eigenvalue weighted by Crippen LogP contribution is 2.32. The molecule has 11 heteroatoms. The normalized spacial score (nSPS) is 16.4. The van der Waals surface area contributed by atoms with Crippen LogP contribution in [0.4, 0.5) is 0 Å². The largest absolute Gasteiger partial charge is 0.347 e. The lowest BCUT2D eigenvalue weighted by molar-refractivity contribution is 0.0942. The Morgan fingerprint density at radius 1 is 1.26 bits per heavy atom. The first-order chi connectivity index (χ1) is 16.7. The summed E-state index contributed by atoms with van der Waals surface area (Å²) in [4.78, 5) is 21.9. The van der Waals surface area contributed by atoms with Crippen LogP contribution in [0.1, 0.15) is 51.7 Å². The van der Waals surface area contributed by atoms with Gasteiger partial charge in [-0.25, -0.2) is 18.4 Å². The zero-order valence-electron chi connectivity index (χ0n) is 20.0. The van der Waals surface area contributed by atoms with Crippen molar-refractivity contribution in [2.75, 3.05) is 6.54 Å². The molecule has 0 saturated heterocycles. The van der Waals surface area contributed by atoms with Gasteiger partial charge >= 0.3 is 0 Å². The summed E-state index contributed by atoms with van der Waals surface area (Å²) < 4.78 is 30.2. The number of nitrogens with zero attached hydrogens (tertiary/aromatic N) is 5. The first-order valence-corrected chi connectivity index (χ1v) is 12.8. The van der Waals surface area contributed by atoms with Gasteiger partial charge in [0, 0.05) is 61.1 Å². The highest BCUT2D eigenvalue weighted by Gasteiger charge is 2.35. The van der Waals surface area contributed by atoms with Crippen molar-refractivity contribution >= 4 is 26.8 Å². The zero-order chi connectivity index (χ0) is 24.9. The summed E-state index contributed by atoms with van der Waals surface area (Å²) in [6, 6.07) is 7.17. The van der Waals surface area contributed by atoms with Gasteiger partial charge < -0.3 is 9.88 Å². The third-order valence-corrected chi connectivity index (χ3v) is 8.61. The number of aromatic nitrogens is 5. The van der Waals surface area contributed by atoms with E-state index in [4.69, 9.17) is 0 Å². The minimum atomic E-state index is -3.81. The maximum Gasteiger partial charge on any atom is 0.268 e. The Hall–Kier alpha value is -3.57. The maximum absolute atomic E-state index is 13.6. The third-order valence-electron chi connectivity index (χ3n) is 6.68. The molecule has 1 aliphatic heterocycles. The summed E-state index contributed by atoms with van der Waals surface area (Å²) >= 11 is 0. The van der Waals surface area contributed by atoms with Gasteiger partial charge in [-0.15, -0.1) is 0 Å². The number of hydrogen-bond donors (Lipinski definition) is 2. The van der Waals surface area contributed by atoms with Crippen LogP contribution in [-0.4, -0.2) is 49.9 Å². The van der Waals surface area contributed by atoms with E-state index < -0.39 is 10.0 Å². The highest BCUT2D eigenvalue weighted by atomic mass is 32.2. The number of aromatic amines is 1. The van der Waals surface area contributed by atoms with Gasteiger partial charge in [-0.2, -0.15) is 9.40 Å². The Kier molecular flexibility index (Phi) is 5.68. The summed E-state index contributed by atoms with van der Waals surface area (Å²) in [6.07, 6.45) is 3.42. The number of sulfonamides is 1. The van der Waals surface area contributed by atoms with Crippen molar-refractivity contribution in [1.29, 1.82) is 0 Å². The van der Waals surface area contributed by atoms with Crippen molar-refractivity contribution in [3.63, 3.8) is 0 Å². The number of rotatable bonds is 5. The van der Waals surface area contributed by atoms with E-state index in [9.17, 15) is 13.2 Å². The minimum Gasteiger partial charge on any atom is -0.347 e. The summed E-state index contributed by atoms with van der Waals surface area (Å²) in [5.41, 5.74) is 4.32. The average Bonchev–Trinajstić information content (AvgIpc) is 3.42. The quantitative estimate of drug-likeness (QED) is 0.440. The summed E-state index contributed by atoms with van der Waals surface area (Å²) in [5.74, 6) is 0.321. The van der Waals surface area contributed by atoms with E-state index in [2.05, 4.69) is 25.5 Å². The molecule has 1 atom stereocenters. The Balaban J connectivity index is 1.39. The second-order valence-corrected chi connectivity index (χ2v) is 10.9. The predicted molar refractivity (Wildman–Crippen MR) is 130 cm³/mol. The van der Waals surface area contributed by atoms with Gasteiger partial charge in [-0.1, -0.05) is 19.1 Å². The molecule has 1 amide bonds. The molecule has 0 saturated carbocycles. The van der Waals surface area contributed by atoms with E-state index in [0.29, 0.717) is 18.1 Å². The topological polar surface area (TPSA) is 126 Å². The second-order valence-electron chi connectivity index (χ2n) is 9.00. The van der Waals surface area contributed by atoms with Crippen molar-refractivity contribution in [3.05, 3.63) is 70.7 Å². The molecule has 4 aromatic rings. The lowest BCUT2D eigenvalue weighted by Gasteiger charge is -2.29. The maximum atomic E-state index is 13.6. The molecule has 0 unspecified atom stereocenters. The fraction of sp³-hybridized carbons (Fsp3) is 0.333. The van der Waals surface area contributed by atoms with Gasteiger partial charge in [-0.05, 0) is 31.5 Å². The number of nitrogens with one attached hydrogen (secondary N) is 2. The number of hydrogen-bond acceptors (Lipinski definition) is 6. The summed E-state index contributed by atoms with van der Waals surface area (Å²) in [5, 5.41) is 10.8. The first kappa shape index (κ1) is 23.2. The summed E-state index contributed by atoms with van der Waals surface area (Å²) in [7, 11) is -2.11. The molecular formula is C24H27N7O3S. The van der Waals surface area contributed by atoms with Crippen LogP contribution in [0.2, 0.25) is 0 Å². The highest BCUT2D eigenvalue weighted by molar-refractivity contribution is 7.89. The number of carbonyl (C=O) groups excluding carboxylic acids is 1. The monoisotopic (exact) mass is 493 g/mol. The molecule has 5 rings (SSSR count). The molecule has 4 heterocycles. The van der Waals surface area contributed by atoms with Crippen LogP contribution in [0.3, 0.4) is 0 Å². The van der Waals surface area contributed by atoms with Crippen molar-refractivity contribution in [3.8, 4) is 0 Å². The molecule has 10 nitrogen and oxygen atoms in total. The number of carbonyl (C=O) groups is 1. The zero-order valence-corrected chi connectivity index (χ0v) is 20.8. The Labute approximate surface area is 203 Å². The Morgan fingerprint density at radius 2 is 2.06 bits per heavy atom. The third kappa shape index (κ3) is 4.00. The first-order valence-electron chi connectivity index (χ1n) is 11.3.